The number of alkyl halides is 1. The van der Waals surface area contributed by atoms with Gasteiger partial charge in [0.1, 0.15) is 6.17 Å². The lowest BCUT2D eigenvalue weighted by Gasteiger charge is -2.10. The summed E-state index contributed by atoms with van der Waals surface area (Å²) in [6.45, 7) is 7.08. The van der Waals surface area contributed by atoms with Crippen LogP contribution in [-0.2, 0) is 11.3 Å². The van der Waals surface area contributed by atoms with Crippen molar-refractivity contribution in [2.75, 3.05) is 6.61 Å². The van der Waals surface area contributed by atoms with E-state index in [9.17, 15) is 4.39 Å². The van der Waals surface area contributed by atoms with Gasteiger partial charge in [-0.15, -0.1) is 0 Å². The molecule has 0 fully saturated rings. The Bertz CT molecular complexity index is 309. The maximum absolute atomic E-state index is 13.5. The normalized spacial score (nSPS) is 19.6. The van der Waals surface area contributed by atoms with Gasteiger partial charge in [0.2, 0.25) is 0 Å². The van der Waals surface area contributed by atoms with Gasteiger partial charge in [0.05, 0.1) is 13.2 Å². The van der Waals surface area contributed by atoms with E-state index in [1.807, 2.05) is 39.0 Å². The van der Waals surface area contributed by atoms with Gasteiger partial charge < -0.3 is 4.74 Å². The molecule has 0 aromatic heterocycles. The van der Waals surface area contributed by atoms with E-state index in [0.29, 0.717) is 19.6 Å². The third-order valence-electron chi connectivity index (χ3n) is 2.55. The van der Waals surface area contributed by atoms with E-state index < -0.39 is 6.17 Å². The van der Waals surface area contributed by atoms with Crippen LogP contribution < -0.4 is 0 Å². The molecule has 1 atom stereocenters. The standard InChI is InChI=1S/C11H13FO.C2H6/c1-8-3-2-4-9-10(8)7-13-6-5-11(9)12;1-2/h2-4,11H,5-7H2,1H3;1-2H3. The molecule has 2 heteroatoms. The van der Waals surface area contributed by atoms with Gasteiger partial charge in [-0.1, -0.05) is 32.0 Å². The summed E-state index contributed by atoms with van der Waals surface area (Å²) in [6.07, 6.45) is -0.367. The van der Waals surface area contributed by atoms with Gasteiger partial charge in [-0.05, 0) is 23.6 Å². The SMILES string of the molecule is CC.Cc1cccc2c1COCCC2F. The van der Waals surface area contributed by atoms with Crippen molar-refractivity contribution in [3.8, 4) is 0 Å². The lowest BCUT2D eigenvalue weighted by molar-refractivity contribution is 0.112. The van der Waals surface area contributed by atoms with Crippen LogP contribution in [0.5, 0.6) is 0 Å². The van der Waals surface area contributed by atoms with E-state index in [1.54, 1.807) is 0 Å². The molecule has 1 aliphatic heterocycles. The summed E-state index contributed by atoms with van der Waals surface area (Å²) in [4.78, 5) is 0. The molecule has 1 heterocycles. The monoisotopic (exact) mass is 210 g/mol. The third kappa shape index (κ3) is 2.78. The van der Waals surface area contributed by atoms with Crippen molar-refractivity contribution in [3.63, 3.8) is 0 Å². The highest BCUT2D eigenvalue weighted by atomic mass is 19.1. The van der Waals surface area contributed by atoms with Gasteiger partial charge in [-0.2, -0.15) is 0 Å². The summed E-state index contributed by atoms with van der Waals surface area (Å²) in [7, 11) is 0. The Kier molecular flexibility index (Phi) is 4.76. The lowest BCUT2D eigenvalue weighted by Crippen LogP contribution is -1.96. The fraction of sp³-hybridized carbons (Fsp3) is 0.538. The Balaban J connectivity index is 0.000000531. The average molecular weight is 210 g/mol. The fourth-order valence-electron chi connectivity index (χ4n) is 1.73. The van der Waals surface area contributed by atoms with Crippen molar-refractivity contribution in [2.24, 2.45) is 0 Å². The van der Waals surface area contributed by atoms with Crippen LogP contribution in [0.3, 0.4) is 0 Å². The Morgan fingerprint density at radius 1 is 1.33 bits per heavy atom. The summed E-state index contributed by atoms with van der Waals surface area (Å²) in [5, 5.41) is 0. The minimum absolute atomic E-state index is 0.483. The zero-order chi connectivity index (χ0) is 11.3. The quantitative estimate of drug-likeness (QED) is 0.630. The summed E-state index contributed by atoms with van der Waals surface area (Å²) < 4.78 is 18.9. The summed E-state index contributed by atoms with van der Waals surface area (Å²) in [5.41, 5.74) is 2.98. The van der Waals surface area contributed by atoms with Gasteiger partial charge in [-0.3, -0.25) is 0 Å². The molecular formula is C13H19FO. The smallest absolute Gasteiger partial charge is 0.128 e. The van der Waals surface area contributed by atoms with E-state index in [0.717, 1.165) is 16.7 Å². The van der Waals surface area contributed by atoms with Crippen LogP contribution in [0.2, 0.25) is 0 Å². The third-order valence-corrected chi connectivity index (χ3v) is 2.55. The van der Waals surface area contributed by atoms with Gasteiger partial charge in [0.15, 0.2) is 0 Å². The van der Waals surface area contributed by atoms with E-state index in [-0.39, 0.29) is 0 Å². The predicted octanol–water partition coefficient (Wildman–Crippen LogP) is 3.95. The van der Waals surface area contributed by atoms with Crippen molar-refractivity contribution < 1.29 is 9.13 Å². The maximum Gasteiger partial charge on any atom is 0.128 e. The zero-order valence-electron chi connectivity index (χ0n) is 9.72. The van der Waals surface area contributed by atoms with Crippen LogP contribution >= 0.6 is 0 Å². The molecule has 0 amide bonds. The minimum atomic E-state index is -0.850. The molecule has 0 saturated carbocycles. The summed E-state index contributed by atoms with van der Waals surface area (Å²) in [5.74, 6) is 0. The van der Waals surface area contributed by atoms with Crippen LogP contribution in [0.15, 0.2) is 18.2 Å². The molecule has 1 nitrogen and oxygen atoms in total. The van der Waals surface area contributed by atoms with Crippen LogP contribution in [0.1, 0.15) is 43.1 Å². The largest absolute Gasteiger partial charge is 0.377 e. The molecule has 0 N–H and O–H groups in total. The molecule has 0 bridgehead atoms. The first kappa shape index (κ1) is 12.2. The Morgan fingerprint density at radius 2 is 2.07 bits per heavy atom. The van der Waals surface area contributed by atoms with Crippen LogP contribution in [0.25, 0.3) is 0 Å². The van der Waals surface area contributed by atoms with Gasteiger partial charge in [0, 0.05) is 6.42 Å². The molecule has 84 valence electrons. The molecule has 1 unspecified atom stereocenters. The van der Waals surface area contributed by atoms with Gasteiger partial charge in [-0.25, -0.2) is 4.39 Å². The van der Waals surface area contributed by atoms with Crippen molar-refractivity contribution in [1.29, 1.82) is 0 Å². The number of rotatable bonds is 0. The van der Waals surface area contributed by atoms with E-state index in [4.69, 9.17) is 4.74 Å². The second kappa shape index (κ2) is 5.86. The number of fused-ring (bicyclic) bond motifs is 1. The minimum Gasteiger partial charge on any atom is -0.377 e. The van der Waals surface area contributed by atoms with Crippen molar-refractivity contribution >= 4 is 0 Å². The summed E-state index contributed by atoms with van der Waals surface area (Å²) >= 11 is 0. The van der Waals surface area contributed by atoms with E-state index >= 15 is 0 Å². The second-order valence-corrected chi connectivity index (χ2v) is 3.45. The maximum atomic E-state index is 13.5. The van der Waals surface area contributed by atoms with Crippen molar-refractivity contribution in [3.05, 3.63) is 34.9 Å². The first-order valence-electron chi connectivity index (χ1n) is 5.59. The average Bonchev–Trinajstić information content (AvgIpc) is 2.46. The molecule has 15 heavy (non-hydrogen) atoms. The molecule has 1 aromatic rings. The van der Waals surface area contributed by atoms with Crippen molar-refractivity contribution in [2.45, 2.75) is 40.0 Å². The Hall–Kier alpha value is -0.890. The first-order chi connectivity index (χ1) is 7.29. The molecule has 0 aliphatic carbocycles. The molecule has 1 aromatic carbocycles. The predicted molar refractivity (Wildman–Crippen MR) is 60.6 cm³/mol. The van der Waals surface area contributed by atoms with Crippen molar-refractivity contribution in [1.82, 2.24) is 0 Å². The number of hydrogen-bond donors (Lipinski definition) is 0. The summed E-state index contributed by atoms with van der Waals surface area (Å²) in [6, 6.07) is 5.77. The number of benzene rings is 1. The van der Waals surface area contributed by atoms with E-state index in [2.05, 4.69) is 0 Å². The highest BCUT2D eigenvalue weighted by Gasteiger charge is 2.18. The molecule has 0 spiro atoms. The molecule has 2 rings (SSSR count). The van der Waals surface area contributed by atoms with Crippen LogP contribution in [0, 0.1) is 6.92 Å². The molecular weight excluding hydrogens is 191 g/mol. The zero-order valence-corrected chi connectivity index (χ0v) is 9.72. The first-order valence-corrected chi connectivity index (χ1v) is 5.59. The number of ether oxygens (including phenoxy) is 1. The van der Waals surface area contributed by atoms with Crippen LogP contribution in [-0.4, -0.2) is 6.61 Å². The highest BCUT2D eigenvalue weighted by Crippen LogP contribution is 2.29. The number of halogens is 1. The number of aryl methyl sites for hydroxylation is 1. The topological polar surface area (TPSA) is 9.23 Å². The highest BCUT2D eigenvalue weighted by molar-refractivity contribution is 5.35. The lowest BCUT2D eigenvalue weighted by atomic mass is 9.99. The molecule has 1 aliphatic rings. The van der Waals surface area contributed by atoms with Gasteiger partial charge >= 0.3 is 0 Å². The van der Waals surface area contributed by atoms with Crippen LogP contribution in [0.4, 0.5) is 4.39 Å². The fourth-order valence-corrected chi connectivity index (χ4v) is 1.73. The second-order valence-electron chi connectivity index (χ2n) is 3.45. The van der Waals surface area contributed by atoms with E-state index in [1.165, 1.54) is 0 Å². The molecule has 0 saturated heterocycles. The Morgan fingerprint density at radius 3 is 2.80 bits per heavy atom. The Labute approximate surface area is 91.3 Å². The van der Waals surface area contributed by atoms with Gasteiger partial charge in [0.25, 0.3) is 0 Å². The molecule has 0 radical (unpaired) electrons. The number of hydrogen-bond acceptors (Lipinski definition) is 1.